The summed E-state index contributed by atoms with van der Waals surface area (Å²) in [6, 6.07) is 5.75. The van der Waals surface area contributed by atoms with E-state index in [1.807, 2.05) is 25.1 Å². The second-order valence-electron chi connectivity index (χ2n) is 7.18. The van der Waals surface area contributed by atoms with Gasteiger partial charge < -0.3 is 14.4 Å². The Kier molecular flexibility index (Phi) is 4.66. The Morgan fingerprint density at radius 2 is 2.15 bits per heavy atom. The smallest absolute Gasteiger partial charge is 0.261 e. The standard InChI is InChI=1S/C21H23N3O3/c1-3-18(25)14-6-7-19(27-11-13-4-5-13)15(8-14)17-10-24(2)21(26)16-9-22-12-23-20(16)17/h6-10,12-13,18,25H,3-5,11H2,1-2H3. The van der Waals surface area contributed by atoms with Gasteiger partial charge >= 0.3 is 0 Å². The minimum absolute atomic E-state index is 0.139. The number of nitrogens with zero attached hydrogens (tertiary/aromatic N) is 3. The molecule has 6 nitrogen and oxygen atoms in total. The predicted molar refractivity (Wildman–Crippen MR) is 104 cm³/mol. The van der Waals surface area contributed by atoms with Gasteiger partial charge in [-0.05, 0) is 42.9 Å². The maximum atomic E-state index is 12.5. The van der Waals surface area contributed by atoms with E-state index in [1.54, 1.807) is 19.4 Å². The fraction of sp³-hybridized carbons (Fsp3) is 0.381. The molecule has 0 amide bonds. The molecule has 0 saturated heterocycles. The highest BCUT2D eigenvalue weighted by atomic mass is 16.5. The summed E-state index contributed by atoms with van der Waals surface area (Å²) in [4.78, 5) is 20.8. The van der Waals surface area contributed by atoms with Gasteiger partial charge in [-0.25, -0.2) is 9.97 Å². The zero-order valence-corrected chi connectivity index (χ0v) is 15.6. The lowest BCUT2D eigenvalue weighted by Crippen LogP contribution is -2.17. The van der Waals surface area contributed by atoms with Gasteiger partial charge in [-0.1, -0.05) is 13.0 Å². The topological polar surface area (TPSA) is 77.2 Å². The van der Waals surface area contributed by atoms with E-state index in [4.69, 9.17) is 4.74 Å². The molecular formula is C21H23N3O3. The van der Waals surface area contributed by atoms with Crippen molar-refractivity contribution in [3.63, 3.8) is 0 Å². The molecule has 0 aliphatic heterocycles. The fourth-order valence-electron chi connectivity index (χ4n) is 3.22. The zero-order chi connectivity index (χ0) is 19.0. The van der Waals surface area contributed by atoms with Crippen molar-refractivity contribution in [1.82, 2.24) is 14.5 Å². The van der Waals surface area contributed by atoms with E-state index in [1.165, 1.54) is 23.7 Å². The zero-order valence-electron chi connectivity index (χ0n) is 15.6. The van der Waals surface area contributed by atoms with Crippen molar-refractivity contribution in [3.8, 4) is 16.9 Å². The molecule has 1 unspecified atom stereocenters. The summed E-state index contributed by atoms with van der Waals surface area (Å²) < 4.78 is 7.63. The van der Waals surface area contributed by atoms with Crippen LogP contribution in [0.25, 0.3) is 22.0 Å². The van der Waals surface area contributed by atoms with Gasteiger partial charge in [0, 0.05) is 30.6 Å². The monoisotopic (exact) mass is 365 g/mol. The first-order valence-corrected chi connectivity index (χ1v) is 9.33. The molecule has 1 aromatic carbocycles. The number of hydrogen-bond acceptors (Lipinski definition) is 5. The van der Waals surface area contributed by atoms with Gasteiger partial charge in [0.25, 0.3) is 5.56 Å². The summed E-state index contributed by atoms with van der Waals surface area (Å²) in [5, 5.41) is 10.8. The highest BCUT2D eigenvalue weighted by Gasteiger charge is 2.23. The maximum Gasteiger partial charge on any atom is 0.261 e. The van der Waals surface area contributed by atoms with Crippen molar-refractivity contribution in [1.29, 1.82) is 0 Å². The van der Waals surface area contributed by atoms with Crippen molar-refractivity contribution in [2.45, 2.75) is 32.3 Å². The number of aliphatic hydroxyl groups is 1. The summed E-state index contributed by atoms with van der Waals surface area (Å²) in [5.74, 6) is 1.37. The Morgan fingerprint density at radius 3 is 2.89 bits per heavy atom. The van der Waals surface area contributed by atoms with Crippen LogP contribution >= 0.6 is 0 Å². The largest absolute Gasteiger partial charge is 0.493 e. The van der Waals surface area contributed by atoms with Crippen molar-refractivity contribution < 1.29 is 9.84 Å². The minimum atomic E-state index is -0.547. The van der Waals surface area contributed by atoms with Crippen molar-refractivity contribution in [3.05, 3.63) is 52.8 Å². The molecule has 0 spiro atoms. The molecule has 1 N–H and O–H groups in total. The second kappa shape index (κ2) is 7.12. The minimum Gasteiger partial charge on any atom is -0.493 e. The first-order chi connectivity index (χ1) is 13.1. The van der Waals surface area contributed by atoms with Crippen molar-refractivity contribution in [2.24, 2.45) is 13.0 Å². The number of aryl methyl sites for hydroxylation is 1. The van der Waals surface area contributed by atoms with Crippen LogP contribution in [0.1, 0.15) is 37.9 Å². The molecule has 1 saturated carbocycles. The summed E-state index contributed by atoms with van der Waals surface area (Å²) in [6.45, 7) is 2.62. The van der Waals surface area contributed by atoms with E-state index in [0.717, 1.165) is 22.4 Å². The molecule has 6 heteroatoms. The number of hydrogen-bond donors (Lipinski definition) is 1. The number of benzene rings is 1. The van der Waals surface area contributed by atoms with E-state index in [-0.39, 0.29) is 5.56 Å². The molecule has 4 rings (SSSR count). The van der Waals surface area contributed by atoms with E-state index >= 15 is 0 Å². The average Bonchev–Trinajstić information content (AvgIpc) is 3.53. The molecule has 1 aliphatic rings. The number of pyridine rings is 1. The Hall–Kier alpha value is -2.73. The van der Waals surface area contributed by atoms with Crippen LogP contribution in [-0.4, -0.2) is 26.2 Å². The number of ether oxygens (including phenoxy) is 1. The van der Waals surface area contributed by atoms with Crippen molar-refractivity contribution >= 4 is 10.9 Å². The Bertz CT molecular complexity index is 1040. The Morgan fingerprint density at radius 1 is 1.33 bits per heavy atom. The van der Waals surface area contributed by atoms with E-state index in [0.29, 0.717) is 29.8 Å². The van der Waals surface area contributed by atoms with E-state index in [2.05, 4.69) is 9.97 Å². The lowest BCUT2D eigenvalue weighted by molar-refractivity contribution is 0.173. The lowest BCUT2D eigenvalue weighted by atomic mass is 9.98. The van der Waals surface area contributed by atoms with Crippen LogP contribution in [0.15, 0.2) is 41.7 Å². The first kappa shape index (κ1) is 17.7. The van der Waals surface area contributed by atoms with E-state index in [9.17, 15) is 9.90 Å². The third-order valence-electron chi connectivity index (χ3n) is 5.08. The Labute approximate surface area is 157 Å². The molecule has 2 aromatic heterocycles. The lowest BCUT2D eigenvalue weighted by Gasteiger charge is -2.17. The molecule has 1 atom stereocenters. The Balaban J connectivity index is 1.91. The molecule has 1 fully saturated rings. The van der Waals surface area contributed by atoms with Gasteiger partial charge in [0.2, 0.25) is 0 Å². The maximum absolute atomic E-state index is 12.5. The average molecular weight is 365 g/mol. The normalized spacial score (nSPS) is 15.1. The third-order valence-corrected chi connectivity index (χ3v) is 5.08. The van der Waals surface area contributed by atoms with Crippen LogP contribution in [0, 0.1) is 5.92 Å². The van der Waals surface area contributed by atoms with Crippen LogP contribution in [-0.2, 0) is 7.05 Å². The van der Waals surface area contributed by atoms with Crippen LogP contribution in [0.5, 0.6) is 5.75 Å². The quantitative estimate of drug-likeness (QED) is 0.726. The van der Waals surface area contributed by atoms with Crippen LogP contribution in [0.3, 0.4) is 0 Å². The van der Waals surface area contributed by atoms with E-state index < -0.39 is 6.10 Å². The predicted octanol–water partition coefficient (Wildman–Crippen LogP) is 3.23. The molecular weight excluding hydrogens is 342 g/mol. The van der Waals surface area contributed by atoms with Crippen molar-refractivity contribution in [2.75, 3.05) is 6.61 Å². The molecule has 1 aliphatic carbocycles. The van der Waals surface area contributed by atoms with Gasteiger partial charge in [0.15, 0.2) is 0 Å². The summed E-state index contributed by atoms with van der Waals surface area (Å²) in [5.41, 5.74) is 2.90. The molecule has 140 valence electrons. The summed E-state index contributed by atoms with van der Waals surface area (Å²) in [6.07, 6.45) is 7.26. The van der Waals surface area contributed by atoms with Gasteiger partial charge in [-0.2, -0.15) is 0 Å². The highest BCUT2D eigenvalue weighted by Crippen LogP contribution is 2.37. The van der Waals surface area contributed by atoms with Gasteiger partial charge in [0.1, 0.15) is 12.1 Å². The number of aliphatic hydroxyl groups excluding tert-OH is 1. The van der Waals surface area contributed by atoms with Crippen LogP contribution in [0.2, 0.25) is 0 Å². The number of rotatable bonds is 6. The molecule has 3 aromatic rings. The van der Waals surface area contributed by atoms with Gasteiger partial charge in [-0.15, -0.1) is 0 Å². The second-order valence-corrected chi connectivity index (χ2v) is 7.18. The molecule has 27 heavy (non-hydrogen) atoms. The van der Waals surface area contributed by atoms with Gasteiger partial charge in [-0.3, -0.25) is 4.79 Å². The first-order valence-electron chi connectivity index (χ1n) is 9.33. The molecule has 2 heterocycles. The van der Waals surface area contributed by atoms with Crippen LogP contribution < -0.4 is 10.3 Å². The number of fused-ring (bicyclic) bond motifs is 1. The molecule has 0 radical (unpaired) electrons. The fourth-order valence-corrected chi connectivity index (χ4v) is 3.22. The summed E-state index contributed by atoms with van der Waals surface area (Å²) in [7, 11) is 1.72. The van der Waals surface area contributed by atoms with Gasteiger partial charge in [0.05, 0.1) is 23.6 Å². The summed E-state index contributed by atoms with van der Waals surface area (Å²) >= 11 is 0. The molecule has 0 bridgehead atoms. The van der Waals surface area contributed by atoms with Crippen LogP contribution in [0.4, 0.5) is 0 Å². The third kappa shape index (κ3) is 3.45. The SMILES string of the molecule is CCC(O)c1ccc(OCC2CC2)c(-c2cn(C)c(=O)c3cncnc23)c1. The highest BCUT2D eigenvalue weighted by molar-refractivity contribution is 5.93. The number of aromatic nitrogens is 3.